The van der Waals surface area contributed by atoms with E-state index in [0.717, 1.165) is 0 Å². The third-order valence-electron chi connectivity index (χ3n) is 2.17. The molecule has 0 aromatic carbocycles. The first-order chi connectivity index (χ1) is 7.29. The second-order valence-electron chi connectivity index (χ2n) is 4.01. The maximum absolute atomic E-state index is 10.2. The molecule has 1 fully saturated rings. The van der Waals surface area contributed by atoms with Gasteiger partial charge in [-0.2, -0.15) is 0 Å². The molecule has 76 valence electrons. The van der Waals surface area contributed by atoms with Gasteiger partial charge in [-0.05, 0) is 26.7 Å². The van der Waals surface area contributed by atoms with E-state index in [4.69, 9.17) is 8.91 Å². The number of hydrogen-bond donors (Lipinski definition) is 2. The van der Waals surface area contributed by atoms with E-state index in [-0.39, 0.29) is 0 Å². The van der Waals surface area contributed by atoms with Crippen LogP contribution in [0.1, 0.15) is 29.4 Å². The molecule has 0 aromatic heterocycles. The van der Waals surface area contributed by atoms with E-state index in [2.05, 4.69) is 10.4 Å². The average Bonchev–Trinajstić information content (AvgIpc) is 2.96. The molecule has 0 spiro atoms. The fourth-order valence-electron chi connectivity index (χ4n) is 0.994. The van der Waals surface area contributed by atoms with Crippen molar-refractivity contribution in [2.45, 2.75) is 37.8 Å². The van der Waals surface area contributed by atoms with Crippen LogP contribution in [-0.4, -0.2) is 37.3 Å². The summed E-state index contributed by atoms with van der Waals surface area (Å²) in [5, 5.41) is 7.08. The molecule has 0 heterocycles. The highest BCUT2D eigenvalue weighted by Gasteiger charge is 2.42. The minimum absolute atomic E-state index is 0.314. The van der Waals surface area contributed by atoms with Crippen LogP contribution in [0.3, 0.4) is 0 Å². The lowest BCUT2D eigenvalue weighted by Crippen LogP contribution is -2.45. The predicted octanol–water partition coefficient (Wildman–Crippen LogP) is 0.0525. The van der Waals surface area contributed by atoms with Crippen LogP contribution >= 0.6 is 0 Å². The third kappa shape index (κ3) is 2.97. The van der Waals surface area contributed by atoms with Crippen molar-refractivity contribution in [3.63, 3.8) is 0 Å². The van der Waals surface area contributed by atoms with E-state index in [1.54, 1.807) is 13.8 Å². The molecule has 4 nitrogen and oxygen atoms in total. The summed E-state index contributed by atoms with van der Waals surface area (Å²) in [6.07, 6.45) is 1.21. The van der Waals surface area contributed by atoms with E-state index in [1.165, 1.54) is 0 Å². The van der Waals surface area contributed by atoms with Crippen LogP contribution in [0.4, 0.5) is 0 Å². The van der Waals surface area contributed by atoms with Crippen LogP contribution in [0, 0.1) is 0 Å². The lowest BCUT2D eigenvalue weighted by atomic mass is 10.1. The lowest BCUT2D eigenvalue weighted by Gasteiger charge is -2.25. The van der Waals surface area contributed by atoms with Crippen LogP contribution in [0.5, 0.6) is 0 Å². The largest absolute Gasteiger partial charge is 0.461 e. The molecule has 0 unspecified atom stereocenters. The highest BCUT2D eigenvalue weighted by Crippen LogP contribution is 2.34. The Balaban J connectivity index is 2.52. The van der Waals surface area contributed by atoms with Crippen molar-refractivity contribution in [3.05, 3.63) is 0 Å². The fraction of sp³-hybridized carbons (Fsp3) is 0.889. The minimum atomic E-state index is -2.02. The van der Waals surface area contributed by atoms with Gasteiger partial charge < -0.3 is 15.2 Å². The van der Waals surface area contributed by atoms with Gasteiger partial charge in [0, 0.05) is 12.1 Å². The first kappa shape index (κ1) is 6.79. The first-order valence-corrected chi connectivity index (χ1v) is 4.29. The van der Waals surface area contributed by atoms with Gasteiger partial charge in [-0.25, -0.2) is 0 Å². The van der Waals surface area contributed by atoms with Gasteiger partial charge in [-0.15, -0.1) is 0 Å². The Hall–Kier alpha value is -0.610. The Bertz CT molecular complexity index is 267. The standard InChI is InChI=1S/C9H17NO3/c1-8(2,13-7-12)5-10-9(6-11)3-4-9/h7,10-11H,3-6H2,1-2H3/i6D2,11D. The summed E-state index contributed by atoms with van der Waals surface area (Å²) in [5.41, 5.74) is -1.52. The van der Waals surface area contributed by atoms with Crippen LogP contribution in [0.2, 0.25) is 0 Å². The lowest BCUT2D eigenvalue weighted by molar-refractivity contribution is -0.140. The molecule has 0 aromatic rings. The summed E-state index contributed by atoms with van der Waals surface area (Å²) in [7, 11) is 0. The minimum Gasteiger partial charge on any atom is -0.461 e. The second-order valence-corrected chi connectivity index (χ2v) is 4.01. The van der Waals surface area contributed by atoms with E-state index in [0.29, 0.717) is 25.9 Å². The molecule has 0 radical (unpaired) electrons. The summed E-state index contributed by atoms with van der Waals surface area (Å²) in [5.74, 6) is 0. The molecule has 1 saturated carbocycles. The molecule has 0 saturated heterocycles. The average molecular weight is 190 g/mol. The normalized spacial score (nSPS) is 24.0. The van der Waals surface area contributed by atoms with Crippen molar-refractivity contribution in [2.75, 3.05) is 13.1 Å². The Kier molecular flexibility index (Phi) is 1.90. The SMILES string of the molecule is [2H]OC([2H])([2H])C1(NCC(C)(C)OC=O)CC1. The van der Waals surface area contributed by atoms with E-state index >= 15 is 0 Å². The van der Waals surface area contributed by atoms with E-state index in [9.17, 15) is 4.79 Å². The Labute approximate surface area is 82.6 Å². The quantitative estimate of drug-likeness (QED) is 0.557. The van der Waals surface area contributed by atoms with Crippen molar-refractivity contribution in [2.24, 2.45) is 0 Å². The Morgan fingerprint density at radius 1 is 1.85 bits per heavy atom. The number of carbonyl (C=O) groups is 1. The number of ether oxygens (including phenoxy) is 1. The van der Waals surface area contributed by atoms with Gasteiger partial charge in [0.05, 0.1) is 9.30 Å². The molecule has 0 amide bonds. The van der Waals surface area contributed by atoms with Crippen LogP contribution in [0.25, 0.3) is 0 Å². The van der Waals surface area contributed by atoms with Crippen molar-refractivity contribution in [3.8, 4) is 0 Å². The molecule has 1 rings (SSSR count). The summed E-state index contributed by atoms with van der Waals surface area (Å²) in [6, 6.07) is 0. The van der Waals surface area contributed by atoms with Crippen molar-refractivity contribution < 1.29 is 17.4 Å². The smallest absolute Gasteiger partial charge is 0.293 e. The van der Waals surface area contributed by atoms with Crippen LogP contribution in [-0.2, 0) is 9.53 Å². The summed E-state index contributed by atoms with van der Waals surface area (Å²) in [4.78, 5) is 10.2. The summed E-state index contributed by atoms with van der Waals surface area (Å²) < 4.78 is 26.6. The molecule has 0 bridgehead atoms. The summed E-state index contributed by atoms with van der Waals surface area (Å²) >= 11 is 0. The van der Waals surface area contributed by atoms with E-state index < -0.39 is 17.7 Å². The van der Waals surface area contributed by atoms with Gasteiger partial charge >= 0.3 is 0 Å². The second kappa shape index (κ2) is 3.64. The molecule has 1 aliphatic carbocycles. The topological polar surface area (TPSA) is 58.6 Å². The highest BCUT2D eigenvalue weighted by molar-refractivity contribution is 5.38. The third-order valence-corrected chi connectivity index (χ3v) is 2.17. The van der Waals surface area contributed by atoms with Gasteiger partial charge in [0.1, 0.15) is 5.60 Å². The maximum atomic E-state index is 10.2. The zero-order valence-corrected chi connectivity index (χ0v) is 7.92. The number of nitrogens with one attached hydrogen (secondary N) is 1. The highest BCUT2D eigenvalue weighted by atomic mass is 16.5. The summed E-state index contributed by atoms with van der Waals surface area (Å²) in [6.45, 7) is 2.11. The van der Waals surface area contributed by atoms with Crippen LogP contribution < -0.4 is 5.32 Å². The van der Waals surface area contributed by atoms with E-state index in [1.807, 2.05) is 0 Å². The Morgan fingerprint density at radius 2 is 2.54 bits per heavy atom. The maximum Gasteiger partial charge on any atom is 0.293 e. The number of aliphatic hydroxyl groups is 1. The van der Waals surface area contributed by atoms with Crippen molar-refractivity contribution in [1.82, 2.24) is 5.32 Å². The van der Waals surface area contributed by atoms with Crippen LogP contribution in [0.15, 0.2) is 0 Å². The van der Waals surface area contributed by atoms with Gasteiger partial charge in [-0.3, -0.25) is 4.79 Å². The molecule has 13 heavy (non-hydrogen) atoms. The zero-order valence-electron chi connectivity index (χ0n) is 10.9. The molecule has 4 heteroatoms. The molecular weight excluding hydrogens is 170 g/mol. The zero-order chi connectivity index (χ0) is 12.4. The fourth-order valence-corrected chi connectivity index (χ4v) is 0.994. The molecule has 1 aliphatic rings. The van der Waals surface area contributed by atoms with Gasteiger partial charge in [0.15, 0.2) is 0 Å². The molecule has 0 atom stereocenters. The molecular formula is C9H17NO3. The first-order valence-electron chi connectivity index (χ1n) is 5.70. The van der Waals surface area contributed by atoms with Crippen molar-refractivity contribution in [1.29, 1.82) is 1.43 Å². The number of hydrogen-bond acceptors (Lipinski definition) is 4. The van der Waals surface area contributed by atoms with Crippen molar-refractivity contribution >= 4 is 6.47 Å². The van der Waals surface area contributed by atoms with Gasteiger partial charge in [-0.1, -0.05) is 0 Å². The number of carbonyl (C=O) groups excluding carboxylic acids is 1. The number of rotatable bonds is 7. The molecule has 0 aliphatic heterocycles. The monoisotopic (exact) mass is 190 g/mol. The van der Waals surface area contributed by atoms with Gasteiger partial charge in [0.2, 0.25) is 1.43 Å². The predicted molar refractivity (Wildman–Crippen MR) is 48.3 cm³/mol. The molecule has 2 N–H and O–H groups in total. The Morgan fingerprint density at radius 3 is 3.00 bits per heavy atom. The van der Waals surface area contributed by atoms with Gasteiger partial charge in [0.25, 0.3) is 6.47 Å².